The van der Waals surface area contributed by atoms with Gasteiger partial charge in [0.1, 0.15) is 18.3 Å². The summed E-state index contributed by atoms with van der Waals surface area (Å²) in [5.41, 5.74) is 0. The first-order valence-electron chi connectivity index (χ1n) is 4.02. The lowest BCUT2D eigenvalue weighted by molar-refractivity contribution is -0.113. The Morgan fingerprint density at radius 3 is 1.85 bits per heavy atom. The fourth-order valence-electron chi connectivity index (χ4n) is 0.893. The van der Waals surface area contributed by atoms with Crippen LogP contribution in [0, 0.1) is 0 Å². The number of hydrogen-bond donors (Lipinski definition) is 6. The maximum atomic E-state index is 9.21. The van der Waals surface area contributed by atoms with Crippen molar-refractivity contribution in [3.05, 3.63) is 0 Å². The van der Waals surface area contributed by atoms with Crippen LogP contribution in [-0.2, 0) is 0 Å². The van der Waals surface area contributed by atoms with Crippen LogP contribution in [0.15, 0.2) is 0 Å². The van der Waals surface area contributed by atoms with Crippen molar-refractivity contribution in [1.82, 2.24) is 5.32 Å². The van der Waals surface area contributed by atoms with Gasteiger partial charge in [0.25, 0.3) is 0 Å². The Hall–Kier alpha value is -0.240. The Kier molecular flexibility index (Phi) is 6.13. The predicted molar refractivity (Wildman–Crippen MR) is 45.0 cm³/mol. The van der Waals surface area contributed by atoms with Gasteiger partial charge in [-0.25, -0.2) is 0 Å². The van der Waals surface area contributed by atoms with Gasteiger partial charge >= 0.3 is 0 Å². The van der Waals surface area contributed by atoms with Gasteiger partial charge in [-0.2, -0.15) is 0 Å². The van der Waals surface area contributed by atoms with Gasteiger partial charge in [0, 0.05) is 6.54 Å². The Balaban J connectivity index is 3.99. The van der Waals surface area contributed by atoms with E-state index in [0.717, 1.165) is 0 Å². The molecular formula is C7H17NO5. The maximum Gasteiger partial charge on any atom is 0.111 e. The SMILES string of the molecule is CNCC(O)C(O)[C@H](O)[C@H](O)CO. The van der Waals surface area contributed by atoms with Crippen molar-refractivity contribution in [2.75, 3.05) is 20.2 Å². The third-order valence-electron chi connectivity index (χ3n) is 1.74. The molecule has 0 saturated carbocycles. The first-order valence-corrected chi connectivity index (χ1v) is 4.02. The van der Waals surface area contributed by atoms with Crippen molar-refractivity contribution in [2.45, 2.75) is 24.4 Å². The maximum absolute atomic E-state index is 9.21. The second-order valence-corrected chi connectivity index (χ2v) is 2.86. The number of likely N-dealkylation sites (N-methyl/N-ethyl adjacent to an activating group) is 1. The Labute approximate surface area is 76.4 Å². The van der Waals surface area contributed by atoms with Crippen molar-refractivity contribution >= 4 is 0 Å². The fourth-order valence-corrected chi connectivity index (χ4v) is 0.893. The van der Waals surface area contributed by atoms with E-state index in [4.69, 9.17) is 20.4 Å². The molecule has 6 heteroatoms. The minimum atomic E-state index is -1.55. The van der Waals surface area contributed by atoms with Gasteiger partial charge < -0.3 is 30.8 Å². The summed E-state index contributed by atoms with van der Waals surface area (Å²) in [7, 11) is 1.57. The smallest absolute Gasteiger partial charge is 0.111 e. The van der Waals surface area contributed by atoms with E-state index in [1.807, 2.05) is 0 Å². The van der Waals surface area contributed by atoms with Crippen LogP contribution in [0.3, 0.4) is 0 Å². The van der Waals surface area contributed by atoms with Crippen molar-refractivity contribution in [2.24, 2.45) is 0 Å². The highest BCUT2D eigenvalue weighted by atomic mass is 16.4. The molecule has 0 aliphatic rings. The van der Waals surface area contributed by atoms with Crippen LogP contribution in [0.2, 0.25) is 0 Å². The largest absolute Gasteiger partial charge is 0.394 e. The predicted octanol–water partition coefficient (Wildman–Crippen LogP) is -3.36. The van der Waals surface area contributed by atoms with Crippen LogP contribution >= 0.6 is 0 Å². The van der Waals surface area contributed by atoms with E-state index in [9.17, 15) is 5.11 Å². The van der Waals surface area contributed by atoms with Gasteiger partial charge in [0.2, 0.25) is 0 Å². The zero-order chi connectivity index (χ0) is 10.4. The van der Waals surface area contributed by atoms with Gasteiger partial charge in [-0.3, -0.25) is 0 Å². The molecule has 0 aromatic carbocycles. The highest BCUT2D eigenvalue weighted by Crippen LogP contribution is 2.04. The summed E-state index contributed by atoms with van der Waals surface area (Å²) < 4.78 is 0. The molecule has 0 radical (unpaired) electrons. The summed E-state index contributed by atoms with van der Waals surface area (Å²) in [4.78, 5) is 0. The molecule has 0 rings (SSSR count). The standard InChI is InChI=1S/C7H17NO5/c1-8-2-4(10)6(12)7(13)5(11)3-9/h4-13H,2-3H2,1H3/t4?,5-,6?,7-/m1/s1. The lowest BCUT2D eigenvalue weighted by Crippen LogP contribution is -2.48. The summed E-state index contributed by atoms with van der Waals surface area (Å²) in [6.45, 7) is -0.569. The average Bonchev–Trinajstić information content (AvgIpc) is 2.14. The molecule has 13 heavy (non-hydrogen) atoms. The number of hydrogen-bond acceptors (Lipinski definition) is 6. The summed E-state index contributed by atoms with van der Waals surface area (Å²) in [5.74, 6) is 0. The molecule has 0 saturated heterocycles. The van der Waals surface area contributed by atoms with E-state index >= 15 is 0 Å². The number of rotatable bonds is 6. The topological polar surface area (TPSA) is 113 Å². The summed E-state index contributed by atoms with van der Waals surface area (Å²) >= 11 is 0. The normalized spacial score (nSPS) is 20.8. The monoisotopic (exact) mass is 195 g/mol. The molecule has 0 aliphatic heterocycles. The molecular weight excluding hydrogens is 178 g/mol. The summed E-state index contributed by atoms with van der Waals surface area (Å²) in [6.07, 6.45) is -5.65. The molecule has 0 aromatic heterocycles. The first kappa shape index (κ1) is 12.8. The summed E-state index contributed by atoms with van der Waals surface area (Å²) in [5, 5.41) is 47.5. The molecule has 2 unspecified atom stereocenters. The van der Waals surface area contributed by atoms with Gasteiger partial charge in [-0.1, -0.05) is 0 Å². The van der Waals surface area contributed by atoms with Crippen molar-refractivity contribution in [1.29, 1.82) is 0 Å². The molecule has 0 amide bonds. The number of aliphatic hydroxyl groups excluding tert-OH is 5. The number of nitrogens with one attached hydrogen (secondary N) is 1. The molecule has 80 valence electrons. The molecule has 6 nitrogen and oxygen atoms in total. The minimum absolute atomic E-state index is 0.0936. The molecule has 6 N–H and O–H groups in total. The molecule has 0 aliphatic carbocycles. The van der Waals surface area contributed by atoms with Crippen molar-refractivity contribution < 1.29 is 25.5 Å². The van der Waals surface area contributed by atoms with E-state index in [0.29, 0.717) is 0 Å². The highest BCUT2D eigenvalue weighted by Gasteiger charge is 2.29. The van der Waals surface area contributed by atoms with Gasteiger partial charge in [0.05, 0.1) is 12.7 Å². The van der Waals surface area contributed by atoms with Crippen LogP contribution in [0.1, 0.15) is 0 Å². The second-order valence-electron chi connectivity index (χ2n) is 2.86. The third-order valence-corrected chi connectivity index (χ3v) is 1.74. The zero-order valence-corrected chi connectivity index (χ0v) is 7.46. The Morgan fingerprint density at radius 1 is 1.00 bits per heavy atom. The van der Waals surface area contributed by atoms with Gasteiger partial charge in [-0.15, -0.1) is 0 Å². The molecule has 0 aromatic rings. The van der Waals surface area contributed by atoms with E-state index in [1.165, 1.54) is 0 Å². The molecule has 0 fully saturated rings. The van der Waals surface area contributed by atoms with Gasteiger partial charge in [-0.05, 0) is 7.05 Å². The Morgan fingerprint density at radius 2 is 1.46 bits per heavy atom. The van der Waals surface area contributed by atoms with Crippen LogP contribution in [-0.4, -0.2) is 70.1 Å². The first-order chi connectivity index (χ1) is 6.04. The molecule has 0 spiro atoms. The lowest BCUT2D eigenvalue weighted by Gasteiger charge is -2.25. The van der Waals surface area contributed by atoms with Crippen molar-refractivity contribution in [3.63, 3.8) is 0 Å². The van der Waals surface area contributed by atoms with Crippen LogP contribution in [0.5, 0.6) is 0 Å². The van der Waals surface area contributed by atoms with Crippen molar-refractivity contribution in [3.8, 4) is 0 Å². The van der Waals surface area contributed by atoms with Gasteiger partial charge in [0.15, 0.2) is 0 Å². The molecule has 4 atom stereocenters. The van der Waals surface area contributed by atoms with Crippen LogP contribution < -0.4 is 5.32 Å². The van der Waals surface area contributed by atoms with E-state index in [1.54, 1.807) is 7.05 Å². The highest BCUT2D eigenvalue weighted by molar-refractivity contribution is 4.81. The zero-order valence-electron chi connectivity index (χ0n) is 7.46. The molecule has 0 bridgehead atoms. The van der Waals surface area contributed by atoms with E-state index in [2.05, 4.69) is 5.32 Å². The molecule has 0 heterocycles. The number of aliphatic hydroxyl groups is 5. The fraction of sp³-hybridized carbons (Fsp3) is 1.00. The average molecular weight is 195 g/mol. The van der Waals surface area contributed by atoms with E-state index < -0.39 is 31.0 Å². The second kappa shape index (κ2) is 6.25. The quantitative estimate of drug-likeness (QED) is 0.264. The summed E-state index contributed by atoms with van der Waals surface area (Å²) in [6, 6.07) is 0. The van der Waals surface area contributed by atoms with Crippen LogP contribution in [0.4, 0.5) is 0 Å². The van der Waals surface area contributed by atoms with Crippen LogP contribution in [0.25, 0.3) is 0 Å². The van der Waals surface area contributed by atoms with E-state index in [-0.39, 0.29) is 6.54 Å². The lowest BCUT2D eigenvalue weighted by atomic mass is 10.0. The Bertz CT molecular complexity index is 134. The minimum Gasteiger partial charge on any atom is -0.394 e. The third kappa shape index (κ3) is 3.99.